The maximum atomic E-state index is 13.6. The molecule has 2 N–H and O–H groups in total. The number of amides is 2. The monoisotopic (exact) mass is 428 g/mol. The largest absolute Gasteiger partial charge is 0.586 e. The molecule has 9 heteroatoms. The molecule has 26 heavy (non-hydrogen) atoms. The van der Waals surface area contributed by atoms with Gasteiger partial charge in [-0.3, -0.25) is 0 Å². The molecule has 2 aromatic carbocycles. The van der Waals surface area contributed by atoms with Crippen molar-refractivity contribution in [2.45, 2.75) is 24.7 Å². The van der Waals surface area contributed by atoms with E-state index in [-0.39, 0.29) is 35.0 Å². The first-order valence-electron chi connectivity index (χ1n) is 7.73. The van der Waals surface area contributed by atoms with Gasteiger partial charge >= 0.3 is 12.3 Å². The van der Waals surface area contributed by atoms with E-state index in [1.54, 1.807) is 12.1 Å². The number of halogens is 4. The van der Waals surface area contributed by atoms with Gasteiger partial charge in [0.2, 0.25) is 0 Å². The topological polar surface area (TPSA) is 59.6 Å². The van der Waals surface area contributed by atoms with Crippen molar-refractivity contribution in [3.63, 3.8) is 0 Å². The highest BCUT2D eigenvalue weighted by Crippen LogP contribution is 2.43. The SMILES string of the molecule is O=C(Nc1ccc2c(c1)OC(F)(F)O2)N[C@@H]1C[C@H]1c1ccc(Br)c(F)c1. The normalized spacial score (nSPS) is 22.0. The first-order valence-corrected chi connectivity index (χ1v) is 8.52. The van der Waals surface area contributed by atoms with Crippen LogP contribution in [0.25, 0.3) is 0 Å². The minimum atomic E-state index is -3.70. The summed E-state index contributed by atoms with van der Waals surface area (Å²) in [6.45, 7) is 0. The van der Waals surface area contributed by atoms with Crippen LogP contribution in [0.1, 0.15) is 17.9 Å². The first-order chi connectivity index (χ1) is 12.3. The van der Waals surface area contributed by atoms with Crippen LogP contribution in [0.15, 0.2) is 40.9 Å². The molecule has 1 aliphatic carbocycles. The highest BCUT2D eigenvalue weighted by molar-refractivity contribution is 9.10. The number of hydrogen-bond donors (Lipinski definition) is 2. The molecule has 2 amide bonds. The Balaban J connectivity index is 1.35. The zero-order valence-corrected chi connectivity index (χ0v) is 14.6. The van der Waals surface area contributed by atoms with Crippen molar-refractivity contribution in [3.8, 4) is 11.5 Å². The van der Waals surface area contributed by atoms with Gasteiger partial charge in [0, 0.05) is 23.7 Å². The van der Waals surface area contributed by atoms with Crippen LogP contribution >= 0.6 is 15.9 Å². The molecule has 136 valence electrons. The summed E-state index contributed by atoms with van der Waals surface area (Å²) in [6, 6.07) is 8.23. The lowest BCUT2D eigenvalue weighted by Gasteiger charge is -2.08. The Hall–Kier alpha value is -2.42. The summed E-state index contributed by atoms with van der Waals surface area (Å²) in [5.74, 6) is -0.559. The maximum Gasteiger partial charge on any atom is 0.586 e. The number of urea groups is 1. The number of fused-ring (bicyclic) bond motifs is 1. The Morgan fingerprint density at radius 3 is 2.69 bits per heavy atom. The number of ether oxygens (including phenoxy) is 2. The molecule has 1 aliphatic heterocycles. The van der Waals surface area contributed by atoms with E-state index in [0.29, 0.717) is 10.9 Å². The Kier molecular flexibility index (Phi) is 3.98. The van der Waals surface area contributed by atoms with E-state index in [0.717, 1.165) is 5.56 Å². The van der Waals surface area contributed by atoms with E-state index in [9.17, 15) is 18.0 Å². The van der Waals surface area contributed by atoms with Gasteiger partial charge in [-0.05, 0) is 52.2 Å². The zero-order chi connectivity index (χ0) is 18.5. The zero-order valence-electron chi connectivity index (χ0n) is 13.1. The van der Waals surface area contributed by atoms with Crippen LogP contribution < -0.4 is 20.1 Å². The smallest absolute Gasteiger partial charge is 0.395 e. The fraction of sp³-hybridized carbons (Fsp3) is 0.235. The van der Waals surface area contributed by atoms with Crippen molar-refractivity contribution in [2.75, 3.05) is 5.32 Å². The highest BCUT2D eigenvalue weighted by Gasteiger charge is 2.43. The lowest BCUT2D eigenvalue weighted by atomic mass is 10.1. The van der Waals surface area contributed by atoms with Crippen LogP contribution in [0, 0.1) is 5.82 Å². The van der Waals surface area contributed by atoms with Gasteiger partial charge in [0.05, 0.1) is 4.47 Å². The van der Waals surface area contributed by atoms with Crippen LogP contribution in [0.3, 0.4) is 0 Å². The predicted octanol–water partition coefficient (Wildman–Crippen LogP) is 4.59. The second kappa shape index (κ2) is 6.08. The summed E-state index contributed by atoms with van der Waals surface area (Å²) in [6.07, 6.45) is -3.01. The van der Waals surface area contributed by atoms with Gasteiger partial charge in [-0.2, -0.15) is 0 Å². The second-order valence-corrected chi connectivity index (χ2v) is 6.90. The molecule has 2 aromatic rings. The maximum absolute atomic E-state index is 13.6. The van der Waals surface area contributed by atoms with Gasteiger partial charge < -0.3 is 20.1 Å². The van der Waals surface area contributed by atoms with Crippen molar-refractivity contribution in [2.24, 2.45) is 0 Å². The van der Waals surface area contributed by atoms with Crippen molar-refractivity contribution in [1.82, 2.24) is 5.32 Å². The third kappa shape index (κ3) is 3.44. The van der Waals surface area contributed by atoms with E-state index in [1.807, 2.05) is 0 Å². The highest BCUT2D eigenvalue weighted by atomic mass is 79.9. The summed E-state index contributed by atoms with van der Waals surface area (Å²) < 4.78 is 48.6. The summed E-state index contributed by atoms with van der Waals surface area (Å²) in [4.78, 5) is 12.1. The number of rotatable bonds is 3. The average Bonchev–Trinajstić information content (AvgIpc) is 3.23. The van der Waals surface area contributed by atoms with Gasteiger partial charge in [-0.25, -0.2) is 9.18 Å². The van der Waals surface area contributed by atoms with Crippen molar-refractivity contribution >= 4 is 27.6 Å². The van der Waals surface area contributed by atoms with Gasteiger partial charge in [0.25, 0.3) is 0 Å². The number of carbonyl (C=O) groups excluding carboxylic acids is 1. The lowest BCUT2D eigenvalue weighted by Crippen LogP contribution is -2.31. The van der Waals surface area contributed by atoms with Gasteiger partial charge in [0.15, 0.2) is 11.5 Å². The van der Waals surface area contributed by atoms with Crippen LogP contribution in [0.2, 0.25) is 0 Å². The third-order valence-corrected chi connectivity index (χ3v) is 4.78. The quantitative estimate of drug-likeness (QED) is 0.751. The Labute approximate surface area is 154 Å². The number of alkyl halides is 2. The molecule has 0 spiro atoms. The molecule has 0 unspecified atom stereocenters. The Morgan fingerprint density at radius 1 is 1.15 bits per heavy atom. The lowest BCUT2D eigenvalue weighted by molar-refractivity contribution is -0.286. The van der Waals surface area contributed by atoms with E-state index in [2.05, 4.69) is 36.0 Å². The molecule has 1 heterocycles. The molecule has 2 atom stereocenters. The number of benzene rings is 2. The van der Waals surface area contributed by atoms with Gasteiger partial charge in [0.1, 0.15) is 5.82 Å². The van der Waals surface area contributed by atoms with Crippen LogP contribution in [-0.4, -0.2) is 18.4 Å². The summed E-state index contributed by atoms with van der Waals surface area (Å²) >= 11 is 3.10. The number of anilines is 1. The fourth-order valence-corrected chi connectivity index (χ4v) is 3.07. The Bertz CT molecular complexity index is 894. The van der Waals surface area contributed by atoms with E-state index < -0.39 is 12.3 Å². The molecule has 4 rings (SSSR count). The molecule has 0 radical (unpaired) electrons. The summed E-state index contributed by atoms with van der Waals surface area (Å²) in [7, 11) is 0. The molecule has 5 nitrogen and oxygen atoms in total. The van der Waals surface area contributed by atoms with Crippen LogP contribution in [0.4, 0.5) is 23.7 Å². The molecule has 2 aliphatic rings. The van der Waals surface area contributed by atoms with Crippen molar-refractivity contribution in [3.05, 3.63) is 52.3 Å². The number of hydrogen-bond acceptors (Lipinski definition) is 3. The summed E-state index contributed by atoms with van der Waals surface area (Å²) in [5, 5.41) is 5.32. The Morgan fingerprint density at radius 2 is 1.92 bits per heavy atom. The fourth-order valence-electron chi connectivity index (χ4n) is 2.83. The first kappa shape index (κ1) is 17.0. The van der Waals surface area contributed by atoms with E-state index in [1.165, 1.54) is 24.3 Å². The second-order valence-electron chi connectivity index (χ2n) is 6.05. The molecule has 1 saturated carbocycles. The van der Waals surface area contributed by atoms with Crippen molar-refractivity contribution in [1.29, 1.82) is 0 Å². The third-order valence-electron chi connectivity index (χ3n) is 4.14. The van der Waals surface area contributed by atoms with Gasteiger partial charge in [-0.15, -0.1) is 8.78 Å². The standard InChI is InChI=1S/C17H12BrF3N2O3/c18-11-3-1-8(5-12(11)19)10-7-13(10)23-16(24)22-9-2-4-14-15(6-9)26-17(20,21)25-14/h1-6,10,13H,7H2,(H2,22,23,24)/t10-,13+/m0/s1. The predicted molar refractivity (Wildman–Crippen MR) is 90.0 cm³/mol. The molecule has 0 bridgehead atoms. The number of nitrogens with one attached hydrogen (secondary N) is 2. The average molecular weight is 429 g/mol. The molecule has 1 fully saturated rings. The molecular weight excluding hydrogens is 417 g/mol. The van der Waals surface area contributed by atoms with Gasteiger partial charge in [-0.1, -0.05) is 6.07 Å². The summed E-state index contributed by atoms with van der Waals surface area (Å²) in [5.41, 5.74) is 1.09. The van der Waals surface area contributed by atoms with Crippen LogP contribution in [0.5, 0.6) is 11.5 Å². The minimum absolute atomic E-state index is 0.0406. The van der Waals surface area contributed by atoms with Crippen molar-refractivity contribution < 1.29 is 27.4 Å². The van der Waals surface area contributed by atoms with E-state index >= 15 is 0 Å². The molecule has 0 aromatic heterocycles. The van der Waals surface area contributed by atoms with E-state index in [4.69, 9.17) is 0 Å². The van der Waals surface area contributed by atoms with Crippen LogP contribution in [-0.2, 0) is 0 Å². The molecular formula is C17H12BrF3N2O3. The number of carbonyl (C=O) groups is 1. The minimum Gasteiger partial charge on any atom is -0.395 e. The molecule has 0 saturated heterocycles.